The molecule has 0 aliphatic carbocycles. The summed E-state index contributed by atoms with van der Waals surface area (Å²) in [4.78, 5) is 8.57. The highest BCUT2D eigenvalue weighted by Crippen LogP contribution is 2.40. The lowest BCUT2D eigenvalue weighted by atomic mass is 9.89. The molecule has 1 N–H and O–H groups in total. The van der Waals surface area contributed by atoms with Crippen LogP contribution in [0, 0.1) is 22.7 Å². The van der Waals surface area contributed by atoms with Crippen LogP contribution in [0.25, 0.3) is 22.2 Å². The maximum Gasteiger partial charge on any atom is 0.137 e. The largest absolute Gasteiger partial charge is 0.346 e. The first-order chi connectivity index (χ1) is 14.7. The van der Waals surface area contributed by atoms with E-state index in [4.69, 9.17) is 0 Å². The predicted octanol–water partition coefficient (Wildman–Crippen LogP) is 3.93. The molecule has 0 amide bonds. The normalized spacial score (nSPS) is 15.4. The van der Waals surface area contributed by atoms with Crippen molar-refractivity contribution >= 4 is 23.0 Å². The van der Waals surface area contributed by atoms with Crippen LogP contribution in [0.5, 0.6) is 0 Å². The van der Waals surface area contributed by atoms with Gasteiger partial charge in [0.25, 0.3) is 0 Å². The molecule has 4 heterocycles. The fraction of sp³-hybridized carbons (Fsp3) is 0.182. The second-order valence-electron chi connectivity index (χ2n) is 7.33. The molecule has 0 spiro atoms. The van der Waals surface area contributed by atoms with Crippen molar-refractivity contribution in [3.8, 4) is 23.3 Å². The molecule has 0 bridgehead atoms. The molecule has 1 aliphatic rings. The number of aromatic nitrogens is 4. The molecule has 3 aromatic heterocycles. The van der Waals surface area contributed by atoms with Crippen molar-refractivity contribution in [3.05, 3.63) is 66.7 Å². The lowest BCUT2D eigenvalue weighted by molar-refractivity contribution is 0.0811. The van der Waals surface area contributed by atoms with Crippen molar-refractivity contribution in [1.82, 2.24) is 24.1 Å². The molecule has 146 valence electrons. The Labute approximate surface area is 177 Å². The highest BCUT2D eigenvalue weighted by molar-refractivity contribution is 7.97. The summed E-state index contributed by atoms with van der Waals surface area (Å²) in [5, 5.41) is 24.5. The van der Waals surface area contributed by atoms with Gasteiger partial charge in [-0.3, -0.25) is 4.68 Å². The third kappa shape index (κ3) is 3.03. The molecule has 30 heavy (non-hydrogen) atoms. The SMILES string of the molecule is N#CCC1(n2cc(-c3c(C#N)cnc4[nH]ccc34)cn2)CN(Sc2ccccc2)C1. The average Bonchev–Trinajstić information content (AvgIpc) is 3.42. The van der Waals surface area contributed by atoms with Gasteiger partial charge in [-0.1, -0.05) is 18.2 Å². The van der Waals surface area contributed by atoms with Gasteiger partial charge in [-0.2, -0.15) is 15.6 Å². The first-order valence-corrected chi connectivity index (χ1v) is 10.3. The number of rotatable bonds is 5. The van der Waals surface area contributed by atoms with Gasteiger partial charge in [-0.05, 0) is 30.1 Å². The second-order valence-corrected chi connectivity index (χ2v) is 8.50. The molecule has 0 radical (unpaired) electrons. The van der Waals surface area contributed by atoms with Gasteiger partial charge >= 0.3 is 0 Å². The number of benzene rings is 1. The summed E-state index contributed by atoms with van der Waals surface area (Å²) in [6, 6.07) is 16.7. The molecule has 7 nitrogen and oxygen atoms in total. The van der Waals surface area contributed by atoms with Gasteiger partial charge in [0.15, 0.2) is 0 Å². The Morgan fingerprint density at radius 2 is 1.97 bits per heavy atom. The lowest BCUT2D eigenvalue weighted by Gasteiger charge is -2.48. The van der Waals surface area contributed by atoms with Crippen molar-refractivity contribution in [2.75, 3.05) is 13.1 Å². The quantitative estimate of drug-likeness (QED) is 0.500. The van der Waals surface area contributed by atoms with Crippen LogP contribution < -0.4 is 0 Å². The Morgan fingerprint density at radius 3 is 2.73 bits per heavy atom. The minimum atomic E-state index is -0.369. The number of hydrogen-bond donors (Lipinski definition) is 1. The van der Waals surface area contributed by atoms with Crippen LogP contribution in [-0.4, -0.2) is 37.1 Å². The third-order valence-corrected chi connectivity index (χ3v) is 6.39. The summed E-state index contributed by atoms with van der Waals surface area (Å²) in [6.07, 6.45) is 7.49. The van der Waals surface area contributed by atoms with E-state index in [1.54, 1.807) is 24.3 Å². The van der Waals surface area contributed by atoms with Gasteiger partial charge in [-0.25, -0.2) is 9.29 Å². The minimum Gasteiger partial charge on any atom is -0.346 e. The van der Waals surface area contributed by atoms with Gasteiger partial charge < -0.3 is 4.98 Å². The predicted molar refractivity (Wildman–Crippen MR) is 114 cm³/mol. The topological polar surface area (TPSA) is 97.3 Å². The highest BCUT2D eigenvalue weighted by Gasteiger charge is 2.46. The maximum atomic E-state index is 9.58. The van der Waals surface area contributed by atoms with Crippen LogP contribution in [0.15, 0.2) is 66.1 Å². The fourth-order valence-electron chi connectivity index (χ4n) is 3.91. The molecule has 1 aromatic carbocycles. The van der Waals surface area contributed by atoms with Crippen molar-refractivity contribution in [3.63, 3.8) is 0 Å². The Balaban J connectivity index is 1.45. The maximum absolute atomic E-state index is 9.58. The second kappa shape index (κ2) is 7.34. The van der Waals surface area contributed by atoms with Gasteiger partial charge in [-0.15, -0.1) is 0 Å². The van der Waals surface area contributed by atoms with Crippen LogP contribution in [0.3, 0.4) is 0 Å². The Morgan fingerprint density at radius 1 is 1.13 bits per heavy atom. The number of nitrogens with zero attached hydrogens (tertiary/aromatic N) is 6. The number of nitriles is 2. The zero-order valence-electron chi connectivity index (χ0n) is 16.0. The van der Waals surface area contributed by atoms with Crippen molar-refractivity contribution in [2.45, 2.75) is 16.9 Å². The van der Waals surface area contributed by atoms with Crippen LogP contribution in [0.1, 0.15) is 12.0 Å². The number of pyridine rings is 1. The summed E-state index contributed by atoms with van der Waals surface area (Å²) < 4.78 is 4.14. The minimum absolute atomic E-state index is 0.369. The van der Waals surface area contributed by atoms with E-state index in [0.717, 1.165) is 35.2 Å². The zero-order valence-corrected chi connectivity index (χ0v) is 16.8. The lowest BCUT2D eigenvalue weighted by Crippen LogP contribution is -2.59. The fourth-order valence-corrected chi connectivity index (χ4v) is 5.09. The standard InChI is InChI=1S/C22H17N7S/c23-8-7-22(14-28(15-22)30-18-4-2-1-3-5-18)29-13-17(12-27-29)20-16(10-24)11-26-21-19(20)6-9-25-21/h1-6,9,11-13H,7,14-15H2,(H,25,26). The average molecular weight is 411 g/mol. The summed E-state index contributed by atoms with van der Waals surface area (Å²) in [5.41, 5.74) is 2.54. The van der Waals surface area contributed by atoms with Crippen LogP contribution >= 0.6 is 11.9 Å². The molecule has 8 heteroatoms. The number of fused-ring (bicyclic) bond motifs is 1. The van der Waals surface area contributed by atoms with Crippen LogP contribution in [0.2, 0.25) is 0 Å². The molecule has 0 atom stereocenters. The van der Waals surface area contributed by atoms with Gasteiger partial charge in [0.2, 0.25) is 0 Å². The van der Waals surface area contributed by atoms with E-state index in [9.17, 15) is 10.5 Å². The molecular formula is C22H17N7S. The molecule has 1 fully saturated rings. The third-order valence-electron chi connectivity index (χ3n) is 5.39. The molecule has 0 saturated carbocycles. The first kappa shape index (κ1) is 18.4. The van der Waals surface area contributed by atoms with E-state index < -0.39 is 0 Å². The van der Waals surface area contributed by atoms with Crippen LogP contribution in [0.4, 0.5) is 0 Å². The van der Waals surface area contributed by atoms with E-state index in [2.05, 4.69) is 43.6 Å². The van der Waals surface area contributed by atoms with Crippen molar-refractivity contribution < 1.29 is 0 Å². The summed E-state index contributed by atoms with van der Waals surface area (Å²) in [5.74, 6) is 0. The molecule has 1 aliphatic heterocycles. The van der Waals surface area contributed by atoms with E-state index in [-0.39, 0.29) is 5.54 Å². The molecule has 4 aromatic rings. The molecule has 1 saturated heterocycles. The molecule has 5 rings (SSSR count). The van der Waals surface area contributed by atoms with Gasteiger partial charge in [0.05, 0.1) is 24.3 Å². The van der Waals surface area contributed by atoms with Crippen molar-refractivity contribution in [2.24, 2.45) is 0 Å². The van der Waals surface area contributed by atoms with Crippen LogP contribution in [-0.2, 0) is 5.54 Å². The highest BCUT2D eigenvalue weighted by atomic mass is 32.2. The number of aromatic amines is 1. The van der Waals surface area contributed by atoms with E-state index in [0.29, 0.717) is 12.0 Å². The van der Waals surface area contributed by atoms with E-state index in [1.807, 2.05) is 41.3 Å². The summed E-state index contributed by atoms with van der Waals surface area (Å²) in [6.45, 7) is 1.45. The number of nitrogens with one attached hydrogen (secondary N) is 1. The van der Waals surface area contributed by atoms with Crippen molar-refractivity contribution in [1.29, 1.82) is 10.5 Å². The summed E-state index contributed by atoms with van der Waals surface area (Å²) in [7, 11) is 0. The first-order valence-electron chi connectivity index (χ1n) is 9.49. The summed E-state index contributed by atoms with van der Waals surface area (Å²) >= 11 is 1.69. The van der Waals surface area contributed by atoms with Gasteiger partial charge in [0.1, 0.15) is 17.3 Å². The van der Waals surface area contributed by atoms with E-state index in [1.165, 1.54) is 4.90 Å². The monoisotopic (exact) mass is 411 g/mol. The molecule has 0 unspecified atom stereocenters. The van der Waals surface area contributed by atoms with Gasteiger partial charge in [0, 0.05) is 53.1 Å². The smallest absolute Gasteiger partial charge is 0.137 e. The number of hydrogen-bond acceptors (Lipinski definition) is 6. The number of H-pyrrole nitrogens is 1. The van der Waals surface area contributed by atoms with E-state index >= 15 is 0 Å². The Hall–Kier alpha value is -3.59. The zero-order chi connectivity index (χ0) is 20.6. The Bertz CT molecular complexity index is 1290. The molecular weight excluding hydrogens is 394 g/mol. The Kier molecular flexibility index (Phi) is 4.51.